The van der Waals surface area contributed by atoms with Crippen molar-refractivity contribution < 1.29 is 14.7 Å². The third-order valence-electron chi connectivity index (χ3n) is 3.90. The van der Waals surface area contributed by atoms with Crippen molar-refractivity contribution in [2.75, 3.05) is 0 Å². The second-order valence-electron chi connectivity index (χ2n) is 5.02. The maximum Gasteiger partial charge on any atom is 0.306 e. The molecule has 16 heavy (non-hydrogen) atoms. The molecule has 0 aromatic heterocycles. The number of amides is 1. The van der Waals surface area contributed by atoms with E-state index in [1.54, 1.807) is 0 Å². The molecule has 0 aliphatic heterocycles. The number of carboxylic acid groups (broad SMARTS) is 1. The lowest BCUT2D eigenvalue weighted by molar-refractivity contribution is -0.144. The zero-order chi connectivity index (χ0) is 11.5. The third kappa shape index (κ3) is 2.54. The van der Waals surface area contributed by atoms with Crippen LogP contribution in [0, 0.1) is 11.8 Å². The summed E-state index contributed by atoms with van der Waals surface area (Å²) in [7, 11) is 0. The molecule has 2 rings (SSSR count). The van der Waals surface area contributed by atoms with E-state index in [0.717, 1.165) is 25.7 Å². The Morgan fingerprint density at radius 3 is 1.94 bits per heavy atom. The summed E-state index contributed by atoms with van der Waals surface area (Å²) in [5.41, 5.74) is 0. The summed E-state index contributed by atoms with van der Waals surface area (Å²) in [5.74, 6) is -0.740. The first kappa shape index (κ1) is 11.4. The van der Waals surface area contributed by atoms with Gasteiger partial charge in [-0.25, -0.2) is 0 Å². The van der Waals surface area contributed by atoms with Crippen molar-refractivity contribution in [2.24, 2.45) is 11.8 Å². The van der Waals surface area contributed by atoms with E-state index in [1.807, 2.05) is 0 Å². The third-order valence-corrected chi connectivity index (χ3v) is 3.90. The molecule has 0 heterocycles. The summed E-state index contributed by atoms with van der Waals surface area (Å²) in [5, 5.41) is 11.9. The molecular weight excluding hydrogens is 206 g/mol. The van der Waals surface area contributed by atoms with Gasteiger partial charge in [0.05, 0.1) is 5.92 Å². The van der Waals surface area contributed by atoms with E-state index in [4.69, 9.17) is 5.11 Å². The molecule has 4 nitrogen and oxygen atoms in total. The van der Waals surface area contributed by atoms with Crippen LogP contribution in [0.4, 0.5) is 0 Å². The van der Waals surface area contributed by atoms with Crippen molar-refractivity contribution in [1.82, 2.24) is 5.32 Å². The SMILES string of the molecule is O=C(O)C1CCC(C(=O)NC2CCC2)CC1. The minimum absolute atomic E-state index is 0.0520. The Balaban J connectivity index is 1.74. The highest BCUT2D eigenvalue weighted by molar-refractivity contribution is 5.79. The van der Waals surface area contributed by atoms with E-state index in [9.17, 15) is 9.59 Å². The van der Waals surface area contributed by atoms with Gasteiger partial charge in [0.1, 0.15) is 0 Å². The highest BCUT2D eigenvalue weighted by atomic mass is 16.4. The quantitative estimate of drug-likeness (QED) is 0.765. The average Bonchev–Trinajstić information content (AvgIpc) is 2.23. The molecule has 90 valence electrons. The van der Waals surface area contributed by atoms with E-state index in [-0.39, 0.29) is 17.7 Å². The fourth-order valence-electron chi connectivity index (χ4n) is 2.47. The number of carbonyl (C=O) groups excluding carboxylic acids is 1. The Hall–Kier alpha value is -1.06. The predicted molar refractivity (Wildman–Crippen MR) is 58.9 cm³/mol. The van der Waals surface area contributed by atoms with Gasteiger partial charge in [0.15, 0.2) is 0 Å². The van der Waals surface area contributed by atoms with E-state index in [1.165, 1.54) is 6.42 Å². The number of nitrogens with one attached hydrogen (secondary N) is 1. The van der Waals surface area contributed by atoms with Gasteiger partial charge in [-0.05, 0) is 44.9 Å². The van der Waals surface area contributed by atoms with Crippen molar-refractivity contribution in [3.8, 4) is 0 Å². The zero-order valence-corrected chi connectivity index (χ0v) is 9.45. The Labute approximate surface area is 95.4 Å². The number of carbonyl (C=O) groups is 2. The molecule has 0 radical (unpaired) electrons. The van der Waals surface area contributed by atoms with Crippen LogP contribution >= 0.6 is 0 Å². The topological polar surface area (TPSA) is 66.4 Å². The minimum atomic E-state index is -0.710. The monoisotopic (exact) mass is 225 g/mol. The first-order valence-electron chi connectivity index (χ1n) is 6.20. The normalized spacial score (nSPS) is 30.5. The molecule has 0 bridgehead atoms. The summed E-state index contributed by atoms with van der Waals surface area (Å²) >= 11 is 0. The van der Waals surface area contributed by atoms with E-state index < -0.39 is 5.97 Å². The van der Waals surface area contributed by atoms with Gasteiger partial charge in [0, 0.05) is 12.0 Å². The van der Waals surface area contributed by atoms with Crippen molar-refractivity contribution in [3.05, 3.63) is 0 Å². The van der Waals surface area contributed by atoms with Gasteiger partial charge in [-0.3, -0.25) is 9.59 Å². The van der Waals surface area contributed by atoms with Gasteiger partial charge in [0.25, 0.3) is 0 Å². The molecule has 2 saturated carbocycles. The molecule has 2 aliphatic rings. The molecular formula is C12H19NO3. The maximum absolute atomic E-state index is 11.8. The Morgan fingerprint density at radius 1 is 0.938 bits per heavy atom. The lowest BCUT2D eigenvalue weighted by Crippen LogP contribution is -2.43. The molecule has 0 unspecified atom stereocenters. The van der Waals surface area contributed by atoms with Crippen LogP contribution in [0.2, 0.25) is 0 Å². The number of rotatable bonds is 3. The van der Waals surface area contributed by atoms with Gasteiger partial charge in [-0.2, -0.15) is 0 Å². The lowest BCUT2D eigenvalue weighted by Gasteiger charge is -2.30. The lowest BCUT2D eigenvalue weighted by atomic mass is 9.81. The van der Waals surface area contributed by atoms with Crippen molar-refractivity contribution in [3.63, 3.8) is 0 Å². The number of carboxylic acids is 1. The second-order valence-corrected chi connectivity index (χ2v) is 5.02. The molecule has 2 fully saturated rings. The van der Waals surface area contributed by atoms with Gasteiger partial charge >= 0.3 is 5.97 Å². The van der Waals surface area contributed by atoms with Crippen LogP contribution in [0.5, 0.6) is 0 Å². The Kier molecular flexibility index (Phi) is 3.46. The van der Waals surface area contributed by atoms with E-state index in [2.05, 4.69) is 5.32 Å². The molecule has 2 N–H and O–H groups in total. The molecule has 0 saturated heterocycles. The second kappa shape index (κ2) is 4.85. The standard InChI is InChI=1S/C12H19NO3/c14-11(13-10-2-1-3-10)8-4-6-9(7-5-8)12(15)16/h8-10H,1-7H2,(H,13,14)(H,15,16). The molecule has 0 aromatic rings. The van der Waals surface area contributed by atoms with E-state index >= 15 is 0 Å². The number of hydrogen-bond donors (Lipinski definition) is 2. The fourth-order valence-corrected chi connectivity index (χ4v) is 2.47. The molecule has 4 heteroatoms. The summed E-state index contributed by atoms with van der Waals surface area (Å²) in [6.07, 6.45) is 6.20. The highest BCUT2D eigenvalue weighted by Gasteiger charge is 2.31. The molecule has 0 spiro atoms. The van der Waals surface area contributed by atoms with Crippen LogP contribution < -0.4 is 5.32 Å². The van der Waals surface area contributed by atoms with Crippen LogP contribution in [0.3, 0.4) is 0 Å². The molecule has 1 amide bonds. The summed E-state index contributed by atoms with van der Waals surface area (Å²) in [4.78, 5) is 22.6. The molecule has 0 atom stereocenters. The average molecular weight is 225 g/mol. The first-order valence-corrected chi connectivity index (χ1v) is 6.20. The predicted octanol–water partition coefficient (Wildman–Crippen LogP) is 1.55. The van der Waals surface area contributed by atoms with Gasteiger partial charge in [-0.15, -0.1) is 0 Å². The van der Waals surface area contributed by atoms with Crippen molar-refractivity contribution >= 4 is 11.9 Å². The van der Waals surface area contributed by atoms with Gasteiger partial charge < -0.3 is 10.4 Å². The smallest absolute Gasteiger partial charge is 0.306 e. The number of hydrogen-bond acceptors (Lipinski definition) is 2. The first-order chi connectivity index (χ1) is 7.66. The van der Waals surface area contributed by atoms with Crippen LogP contribution in [0.15, 0.2) is 0 Å². The summed E-state index contributed by atoms with van der Waals surface area (Å²) < 4.78 is 0. The fraction of sp³-hybridized carbons (Fsp3) is 0.833. The maximum atomic E-state index is 11.8. The van der Waals surface area contributed by atoms with Crippen LogP contribution in [-0.4, -0.2) is 23.0 Å². The summed E-state index contributed by atoms with van der Waals surface area (Å²) in [6, 6.07) is 0.393. The molecule has 0 aromatic carbocycles. The van der Waals surface area contributed by atoms with Crippen LogP contribution in [0.25, 0.3) is 0 Å². The Bertz CT molecular complexity index is 278. The minimum Gasteiger partial charge on any atom is -0.481 e. The largest absolute Gasteiger partial charge is 0.481 e. The van der Waals surface area contributed by atoms with Crippen molar-refractivity contribution in [1.29, 1.82) is 0 Å². The van der Waals surface area contributed by atoms with Gasteiger partial charge in [-0.1, -0.05) is 0 Å². The molecule has 2 aliphatic carbocycles. The van der Waals surface area contributed by atoms with Crippen molar-refractivity contribution in [2.45, 2.75) is 51.0 Å². The zero-order valence-electron chi connectivity index (χ0n) is 9.45. The Morgan fingerprint density at radius 2 is 1.50 bits per heavy atom. The van der Waals surface area contributed by atoms with Crippen LogP contribution in [0.1, 0.15) is 44.9 Å². The van der Waals surface area contributed by atoms with Crippen LogP contribution in [-0.2, 0) is 9.59 Å². The van der Waals surface area contributed by atoms with Gasteiger partial charge in [0.2, 0.25) is 5.91 Å². The number of aliphatic carboxylic acids is 1. The summed E-state index contributed by atoms with van der Waals surface area (Å²) in [6.45, 7) is 0. The van der Waals surface area contributed by atoms with E-state index in [0.29, 0.717) is 18.9 Å². The highest BCUT2D eigenvalue weighted by Crippen LogP contribution is 2.29.